The molecule has 0 aromatic heterocycles. The second-order valence-corrected chi connectivity index (χ2v) is 6.30. The van der Waals surface area contributed by atoms with Gasteiger partial charge < -0.3 is 10.1 Å². The molecule has 0 saturated heterocycles. The van der Waals surface area contributed by atoms with Crippen LogP contribution in [0.3, 0.4) is 0 Å². The molecule has 3 aromatic rings. The van der Waals surface area contributed by atoms with Crippen molar-refractivity contribution in [3.63, 3.8) is 0 Å². The van der Waals surface area contributed by atoms with E-state index in [9.17, 15) is 0 Å². The lowest BCUT2D eigenvalue weighted by molar-refractivity contribution is -0.654. The van der Waals surface area contributed by atoms with Gasteiger partial charge in [0.15, 0.2) is 0 Å². The van der Waals surface area contributed by atoms with E-state index in [0.29, 0.717) is 5.92 Å². The highest BCUT2D eigenvalue weighted by atomic mass is 16.5. The fourth-order valence-corrected chi connectivity index (χ4v) is 3.50. The number of fused-ring (bicyclic) bond motifs is 1. The summed E-state index contributed by atoms with van der Waals surface area (Å²) < 4.78 is 6.02. The van der Waals surface area contributed by atoms with E-state index < -0.39 is 0 Å². The summed E-state index contributed by atoms with van der Waals surface area (Å²) >= 11 is 0. The number of quaternary nitrogens is 1. The lowest BCUT2D eigenvalue weighted by atomic mass is 9.88. The number of nitrogens with two attached hydrogens (primary N) is 1. The highest BCUT2D eigenvalue weighted by Crippen LogP contribution is 2.31. The number of rotatable bonds is 3. The van der Waals surface area contributed by atoms with Crippen LogP contribution in [0.15, 0.2) is 78.9 Å². The molecule has 0 aliphatic carbocycles. The first-order valence-electron chi connectivity index (χ1n) is 8.62. The smallest absolute Gasteiger partial charge is 0.127 e. The van der Waals surface area contributed by atoms with Crippen LogP contribution in [0.4, 0.5) is 0 Å². The van der Waals surface area contributed by atoms with Gasteiger partial charge in [0.2, 0.25) is 0 Å². The van der Waals surface area contributed by atoms with Gasteiger partial charge in [-0.15, -0.1) is 0 Å². The molecule has 3 aromatic carbocycles. The Bertz CT molecular complexity index is 799. The highest BCUT2D eigenvalue weighted by Gasteiger charge is 2.22. The van der Waals surface area contributed by atoms with Gasteiger partial charge in [0.05, 0.1) is 19.0 Å². The molecule has 1 heterocycles. The minimum Gasteiger partial charge on any atom is -0.457 e. The number of hydrogen-bond acceptors (Lipinski definition) is 1. The van der Waals surface area contributed by atoms with Crippen molar-refractivity contribution in [2.24, 2.45) is 0 Å². The van der Waals surface area contributed by atoms with Crippen LogP contribution in [-0.2, 0) is 6.42 Å². The molecule has 120 valence electrons. The third kappa shape index (κ3) is 3.19. The average Bonchev–Trinajstić information content (AvgIpc) is 2.85. The summed E-state index contributed by atoms with van der Waals surface area (Å²) in [6.45, 7) is 2.24. The van der Waals surface area contributed by atoms with Crippen molar-refractivity contribution >= 4 is 0 Å². The number of benzene rings is 3. The van der Waals surface area contributed by atoms with Crippen LogP contribution in [0.25, 0.3) is 0 Å². The van der Waals surface area contributed by atoms with Crippen LogP contribution < -0.4 is 10.1 Å². The van der Waals surface area contributed by atoms with Crippen LogP contribution >= 0.6 is 0 Å². The quantitative estimate of drug-likeness (QED) is 0.783. The van der Waals surface area contributed by atoms with Gasteiger partial charge in [-0.3, -0.25) is 0 Å². The third-order valence-corrected chi connectivity index (χ3v) is 4.69. The zero-order valence-electron chi connectivity index (χ0n) is 13.7. The monoisotopic (exact) mass is 316 g/mol. The number of hydrogen-bond donors (Lipinski definition) is 1. The predicted molar refractivity (Wildman–Crippen MR) is 96.6 cm³/mol. The Morgan fingerprint density at radius 1 is 0.792 bits per heavy atom. The summed E-state index contributed by atoms with van der Waals surface area (Å²) in [5.74, 6) is 2.26. The lowest BCUT2D eigenvalue weighted by Crippen LogP contribution is -2.85. The van der Waals surface area contributed by atoms with E-state index in [2.05, 4.69) is 53.8 Å². The maximum atomic E-state index is 6.02. The maximum Gasteiger partial charge on any atom is 0.127 e. The molecule has 1 aliphatic heterocycles. The number of para-hydroxylation sites is 1. The molecule has 2 N–H and O–H groups in total. The van der Waals surface area contributed by atoms with Gasteiger partial charge in [-0.2, -0.15) is 0 Å². The fraction of sp³-hybridized carbons (Fsp3) is 0.182. The summed E-state index contributed by atoms with van der Waals surface area (Å²) in [6, 6.07) is 27.4. The molecule has 4 rings (SSSR count). The molecule has 0 bridgehead atoms. The second kappa shape index (κ2) is 6.90. The molecule has 0 amide bonds. The standard InChI is InChI=1S/C22H21NO/c1-3-7-17(8-4-1)22-16-23-14-13-18-15-20(11-12-21(18)22)24-19-9-5-2-6-10-19/h1-12,15,22-23H,13-14,16H2/p+1. The first kappa shape index (κ1) is 15.0. The van der Waals surface area contributed by atoms with Crippen LogP contribution in [-0.4, -0.2) is 13.1 Å². The Morgan fingerprint density at radius 2 is 1.54 bits per heavy atom. The molecule has 2 heteroatoms. The van der Waals surface area contributed by atoms with E-state index >= 15 is 0 Å². The lowest BCUT2D eigenvalue weighted by Gasteiger charge is -2.17. The Hall–Kier alpha value is -2.58. The van der Waals surface area contributed by atoms with Gasteiger partial charge in [0.1, 0.15) is 11.5 Å². The van der Waals surface area contributed by atoms with E-state index in [4.69, 9.17) is 4.74 Å². The van der Waals surface area contributed by atoms with E-state index in [0.717, 1.165) is 31.0 Å². The topological polar surface area (TPSA) is 25.8 Å². The van der Waals surface area contributed by atoms with Gasteiger partial charge in [-0.25, -0.2) is 0 Å². The van der Waals surface area contributed by atoms with E-state index in [1.807, 2.05) is 30.3 Å². The van der Waals surface area contributed by atoms with Crippen LogP contribution in [0, 0.1) is 0 Å². The Morgan fingerprint density at radius 3 is 2.33 bits per heavy atom. The van der Waals surface area contributed by atoms with E-state index in [1.54, 1.807) is 0 Å². The van der Waals surface area contributed by atoms with E-state index in [-0.39, 0.29) is 0 Å². The Kier molecular flexibility index (Phi) is 4.30. The third-order valence-electron chi connectivity index (χ3n) is 4.69. The summed E-state index contributed by atoms with van der Waals surface area (Å²) in [4.78, 5) is 0. The summed E-state index contributed by atoms with van der Waals surface area (Å²) in [6.07, 6.45) is 1.09. The molecule has 0 saturated carbocycles. The molecular formula is C22H22NO+. The van der Waals surface area contributed by atoms with Crippen molar-refractivity contribution in [2.45, 2.75) is 12.3 Å². The molecule has 1 atom stereocenters. The summed E-state index contributed by atoms with van der Waals surface area (Å²) in [5.41, 5.74) is 4.25. The Labute approximate surface area is 143 Å². The highest BCUT2D eigenvalue weighted by molar-refractivity contribution is 5.44. The molecule has 0 fully saturated rings. The van der Waals surface area contributed by atoms with E-state index in [1.165, 1.54) is 16.7 Å². The van der Waals surface area contributed by atoms with Gasteiger partial charge in [0.25, 0.3) is 0 Å². The molecular weight excluding hydrogens is 294 g/mol. The van der Waals surface area contributed by atoms with Gasteiger partial charge in [-0.1, -0.05) is 54.6 Å². The average molecular weight is 316 g/mol. The first-order chi connectivity index (χ1) is 11.9. The van der Waals surface area contributed by atoms with Gasteiger partial charge >= 0.3 is 0 Å². The molecule has 1 aliphatic rings. The largest absolute Gasteiger partial charge is 0.457 e. The molecule has 0 radical (unpaired) electrons. The van der Waals surface area contributed by atoms with Crippen molar-refractivity contribution < 1.29 is 10.1 Å². The van der Waals surface area contributed by atoms with Crippen molar-refractivity contribution in [1.82, 2.24) is 0 Å². The van der Waals surface area contributed by atoms with Gasteiger partial charge in [-0.05, 0) is 41.0 Å². The minimum atomic E-state index is 0.453. The second-order valence-electron chi connectivity index (χ2n) is 6.30. The normalized spacial score (nSPS) is 16.9. The van der Waals surface area contributed by atoms with Crippen LogP contribution in [0.1, 0.15) is 22.6 Å². The predicted octanol–water partition coefficient (Wildman–Crippen LogP) is 3.73. The molecule has 2 nitrogen and oxygen atoms in total. The van der Waals surface area contributed by atoms with Crippen LogP contribution in [0.5, 0.6) is 11.5 Å². The van der Waals surface area contributed by atoms with Gasteiger partial charge in [0, 0.05) is 6.42 Å². The minimum absolute atomic E-state index is 0.453. The van der Waals surface area contributed by atoms with Crippen molar-refractivity contribution in [3.8, 4) is 11.5 Å². The molecule has 1 unspecified atom stereocenters. The van der Waals surface area contributed by atoms with Crippen molar-refractivity contribution in [3.05, 3.63) is 95.6 Å². The van der Waals surface area contributed by atoms with Crippen molar-refractivity contribution in [2.75, 3.05) is 13.1 Å². The molecule has 24 heavy (non-hydrogen) atoms. The molecule has 0 spiro atoms. The summed E-state index contributed by atoms with van der Waals surface area (Å²) in [5, 5.41) is 2.43. The zero-order valence-corrected chi connectivity index (χ0v) is 13.7. The SMILES string of the molecule is c1ccc(Oc2ccc3c(c2)CC[NH2+]CC3c2ccccc2)cc1. The maximum absolute atomic E-state index is 6.02. The first-order valence-corrected chi connectivity index (χ1v) is 8.62. The Balaban J connectivity index is 1.66. The van der Waals surface area contributed by atoms with Crippen molar-refractivity contribution in [1.29, 1.82) is 0 Å². The van der Waals surface area contributed by atoms with Crippen LogP contribution in [0.2, 0.25) is 0 Å². The summed E-state index contributed by atoms with van der Waals surface area (Å²) in [7, 11) is 0. The fourth-order valence-electron chi connectivity index (χ4n) is 3.50. The number of ether oxygens (including phenoxy) is 1. The zero-order chi connectivity index (χ0) is 16.2.